The Kier molecular flexibility index (Phi) is 3.88. The molecule has 0 aliphatic heterocycles. The number of nitrogens with one attached hydrogen (secondary N) is 1. The van der Waals surface area contributed by atoms with Crippen LogP contribution in [0.15, 0.2) is 24.3 Å². The largest absolute Gasteiger partial charge is 0.496 e. The predicted molar refractivity (Wildman–Crippen MR) is 70.3 cm³/mol. The van der Waals surface area contributed by atoms with Crippen LogP contribution in [0.4, 0.5) is 0 Å². The van der Waals surface area contributed by atoms with Crippen molar-refractivity contribution in [2.75, 3.05) is 7.11 Å². The molecule has 1 aromatic carbocycles. The summed E-state index contributed by atoms with van der Waals surface area (Å²) in [5, 5.41) is 2.90. The van der Waals surface area contributed by atoms with Crippen LogP contribution >= 0.6 is 0 Å². The summed E-state index contributed by atoms with van der Waals surface area (Å²) >= 11 is 0. The molecule has 0 atom stereocenters. The van der Waals surface area contributed by atoms with Crippen molar-refractivity contribution in [1.29, 1.82) is 0 Å². The fraction of sp³-hybridized carbons (Fsp3) is 0.400. The van der Waals surface area contributed by atoms with Crippen LogP contribution in [0.1, 0.15) is 31.2 Å². The van der Waals surface area contributed by atoms with Crippen LogP contribution in [-0.2, 0) is 4.79 Å². The Bertz CT molecular complexity index is 493. The molecular weight excluding hydrogens is 226 g/mol. The molecule has 0 saturated heterocycles. The summed E-state index contributed by atoms with van der Waals surface area (Å²) in [6, 6.07) is 8.30. The number of hydrogen-bond donors (Lipinski definition) is 1. The van der Waals surface area contributed by atoms with Crippen molar-refractivity contribution in [1.82, 2.24) is 5.32 Å². The van der Waals surface area contributed by atoms with Crippen LogP contribution in [0.5, 0.6) is 5.75 Å². The number of carbonyl (C=O) groups is 1. The lowest BCUT2D eigenvalue weighted by Crippen LogP contribution is -2.42. The number of methoxy groups -OCH3 is 1. The number of amides is 1. The lowest BCUT2D eigenvalue weighted by atomic mass is 9.75. The van der Waals surface area contributed by atoms with Gasteiger partial charge in [0.05, 0.1) is 7.11 Å². The molecule has 1 aromatic rings. The molecule has 18 heavy (non-hydrogen) atoms. The fourth-order valence-electron chi connectivity index (χ4n) is 2.33. The minimum atomic E-state index is -0.180. The van der Waals surface area contributed by atoms with Gasteiger partial charge < -0.3 is 10.1 Å². The van der Waals surface area contributed by atoms with Crippen molar-refractivity contribution in [2.24, 2.45) is 0 Å². The second-order valence-electron chi connectivity index (χ2n) is 4.46. The van der Waals surface area contributed by atoms with E-state index < -0.39 is 0 Å². The molecule has 1 amide bonds. The summed E-state index contributed by atoms with van der Waals surface area (Å²) in [5.74, 6) is 6.32. The first kappa shape index (κ1) is 12.5. The van der Waals surface area contributed by atoms with Gasteiger partial charge in [-0.3, -0.25) is 4.79 Å². The number of carbonyl (C=O) groups excluding carboxylic acids is 1. The topological polar surface area (TPSA) is 38.3 Å². The second-order valence-corrected chi connectivity index (χ2v) is 4.46. The third-order valence-corrected chi connectivity index (χ3v) is 3.29. The third kappa shape index (κ3) is 2.65. The van der Waals surface area contributed by atoms with Gasteiger partial charge in [-0.15, -0.1) is 0 Å². The number of ether oxygens (including phenoxy) is 1. The average molecular weight is 243 g/mol. The SMILES string of the molecule is CC#CC(=O)NC1CC(c2ccccc2OC)C1. The molecule has 0 unspecified atom stereocenters. The molecule has 2 rings (SSSR count). The highest BCUT2D eigenvalue weighted by molar-refractivity contribution is 5.93. The monoisotopic (exact) mass is 243 g/mol. The number of hydrogen-bond acceptors (Lipinski definition) is 2. The number of benzene rings is 1. The van der Waals surface area contributed by atoms with Crippen LogP contribution in [0.3, 0.4) is 0 Å². The minimum absolute atomic E-state index is 0.180. The molecule has 3 heteroatoms. The van der Waals surface area contributed by atoms with Crippen LogP contribution in [0.2, 0.25) is 0 Å². The van der Waals surface area contributed by atoms with Gasteiger partial charge in [0.2, 0.25) is 0 Å². The molecule has 1 aliphatic carbocycles. The van der Waals surface area contributed by atoms with E-state index in [1.165, 1.54) is 5.56 Å². The Morgan fingerprint density at radius 3 is 2.78 bits per heavy atom. The Hall–Kier alpha value is -1.95. The zero-order valence-electron chi connectivity index (χ0n) is 10.7. The molecule has 1 saturated carbocycles. The molecule has 0 heterocycles. The molecule has 0 bridgehead atoms. The molecule has 0 radical (unpaired) electrons. The summed E-state index contributed by atoms with van der Waals surface area (Å²) in [7, 11) is 1.69. The van der Waals surface area contributed by atoms with E-state index in [4.69, 9.17) is 4.74 Å². The average Bonchev–Trinajstić information content (AvgIpc) is 2.33. The van der Waals surface area contributed by atoms with E-state index in [1.54, 1.807) is 14.0 Å². The lowest BCUT2D eigenvalue weighted by molar-refractivity contribution is -0.116. The molecule has 1 fully saturated rings. The smallest absolute Gasteiger partial charge is 0.296 e. The van der Waals surface area contributed by atoms with E-state index in [1.807, 2.05) is 18.2 Å². The van der Waals surface area contributed by atoms with Gasteiger partial charge in [0, 0.05) is 6.04 Å². The van der Waals surface area contributed by atoms with Gasteiger partial charge in [0.25, 0.3) is 5.91 Å². The number of rotatable bonds is 3. The Labute approximate surface area is 108 Å². The first-order chi connectivity index (χ1) is 8.74. The molecule has 94 valence electrons. The summed E-state index contributed by atoms with van der Waals surface area (Å²) in [6.07, 6.45) is 1.91. The van der Waals surface area contributed by atoms with Crippen LogP contribution in [0.25, 0.3) is 0 Å². The van der Waals surface area contributed by atoms with Gasteiger partial charge >= 0.3 is 0 Å². The van der Waals surface area contributed by atoms with E-state index in [0.717, 1.165) is 18.6 Å². The molecular formula is C15H17NO2. The lowest BCUT2D eigenvalue weighted by Gasteiger charge is -2.36. The van der Waals surface area contributed by atoms with Crippen molar-refractivity contribution in [3.05, 3.63) is 29.8 Å². The van der Waals surface area contributed by atoms with Crippen molar-refractivity contribution in [2.45, 2.75) is 31.7 Å². The molecule has 0 aromatic heterocycles. The summed E-state index contributed by atoms with van der Waals surface area (Å²) in [6.45, 7) is 1.66. The third-order valence-electron chi connectivity index (χ3n) is 3.29. The number of para-hydroxylation sites is 1. The van der Waals surface area contributed by atoms with Crippen molar-refractivity contribution in [3.8, 4) is 17.6 Å². The van der Waals surface area contributed by atoms with Crippen molar-refractivity contribution in [3.63, 3.8) is 0 Å². The maximum Gasteiger partial charge on any atom is 0.296 e. The molecule has 3 nitrogen and oxygen atoms in total. The van der Waals surface area contributed by atoms with Gasteiger partial charge in [-0.1, -0.05) is 24.1 Å². The summed E-state index contributed by atoms with van der Waals surface area (Å²) in [4.78, 5) is 11.3. The maximum atomic E-state index is 11.3. The van der Waals surface area contributed by atoms with E-state index in [2.05, 4.69) is 23.2 Å². The minimum Gasteiger partial charge on any atom is -0.496 e. The Morgan fingerprint density at radius 2 is 2.11 bits per heavy atom. The molecule has 1 aliphatic rings. The van der Waals surface area contributed by atoms with Gasteiger partial charge in [0.1, 0.15) is 5.75 Å². The zero-order chi connectivity index (χ0) is 13.0. The van der Waals surface area contributed by atoms with E-state index in [9.17, 15) is 4.79 Å². The quantitative estimate of drug-likeness (QED) is 0.825. The summed E-state index contributed by atoms with van der Waals surface area (Å²) in [5.41, 5.74) is 1.23. The molecule has 0 spiro atoms. The van der Waals surface area contributed by atoms with E-state index in [-0.39, 0.29) is 11.9 Å². The Balaban J connectivity index is 1.92. The van der Waals surface area contributed by atoms with E-state index >= 15 is 0 Å². The highest BCUT2D eigenvalue weighted by atomic mass is 16.5. The highest BCUT2D eigenvalue weighted by Crippen LogP contribution is 2.40. The van der Waals surface area contributed by atoms with Crippen molar-refractivity contribution >= 4 is 5.91 Å². The fourth-order valence-corrected chi connectivity index (χ4v) is 2.33. The predicted octanol–water partition coefficient (Wildman–Crippen LogP) is 2.08. The first-order valence-corrected chi connectivity index (χ1v) is 6.10. The highest BCUT2D eigenvalue weighted by Gasteiger charge is 2.32. The summed E-state index contributed by atoms with van der Waals surface area (Å²) < 4.78 is 5.35. The first-order valence-electron chi connectivity index (χ1n) is 6.10. The maximum absolute atomic E-state index is 11.3. The van der Waals surface area contributed by atoms with Gasteiger partial charge in [-0.25, -0.2) is 0 Å². The van der Waals surface area contributed by atoms with Gasteiger partial charge in [-0.05, 0) is 43.2 Å². The van der Waals surface area contributed by atoms with Gasteiger partial charge in [-0.2, -0.15) is 0 Å². The van der Waals surface area contributed by atoms with Crippen LogP contribution in [-0.4, -0.2) is 19.1 Å². The second kappa shape index (κ2) is 5.59. The standard InChI is InChI=1S/C15H17NO2/c1-3-6-15(17)16-12-9-11(10-12)13-7-4-5-8-14(13)18-2/h4-5,7-8,11-12H,9-10H2,1-2H3,(H,16,17). The zero-order valence-corrected chi connectivity index (χ0v) is 10.7. The normalized spacial score (nSPS) is 21.2. The van der Waals surface area contributed by atoms with Crippen LogP contribution in [0, 0.1) is 11.8 Å². The Morgan fingerprint density at radius 1 is 1.39 bits per heavy atom. The van der Waals surface area contributed by atoms with Gasteiger partial charge in [0.15, 0.2) is 0 Å². The van der Waals surface area contributed by atoms with Crippen molar-refractivity contribution < 1.29 is 9.53 Å². The van der Waals surface area contributed by atoms with Crippen LogP contribution < -0.4 is 10.1 Å². The molecule has 1 N–H and O–H groups in total. The van der Waals surface area contributed by atoms with E-state index in [0.29, 0.717) is 5.92 Å².